The van der Waals surface area contributed by atoms with Gasteiger partial charge >= 0.3 is 0 Å². The van der Waals surface area contributed by atoms with Crippen LogP contribution in [-0.4, -0.2) is 34.9 Å². The first-order chi connectivity index (χ1) is 38.2. The Labute approximate surface area is 485 Å². The highest BCUT2D eigenvalue weighted by molar-refractivity contribution is 5.76. The summed E-state index contributed by atoms with van der Waals surface area (Å²) in [5.41, 5.74) is 0. The highest BCUT2D eigenvalue weighted by Gasteiger charge is 2.18. The van der Waals surface area contributed by atoms with Crippen LogP contribution >= 0.6 is 0 Å². The van der Waals surface area contributed by atoms with Crippen LogP contribution in [0.2, 0.25) is 0 Å². The molecule has 0 saturated carbocycles. The van der Waals surface area contributed by atoms with Crippen LogP contribution in [0.1, 0.15) is 418 Å². The zero-order valence-electron chi connectivity index (χ0n) is 53.0. The van der Waals surface area contributed by atoms with Crippen molar-refractivity contribution in [1.29, 1.82) is 0 Å². The molecule has 4 nitrogen and oxygen atoms in total. The van der Waals surface area contributed by atoms with E-state index in [4.69, 9.17) is 0 Å². The van der Waals surface area contributed by atoms with Gasteiger partial charge in [-0.05, 0) is 32.1 Å². The van der Waals surface area contributed by atoms with E-state index < -0.39 is 12.1 Å². The number of aliphatic hydroxyl groups is 2. The first kappa shape index (κ1) is 75.9. The second-order valence-corrected chi connectivity index (χ2v) is 25.0. The maximum absolute atomic E-state index is 12.5. The van der Waals surface area contributed by atoms with E-state index in [9.17, 15) is 15.0 Å². The fourth-order valence-corrected chi connectivity index (χ4v) is 11.7. The Morgan fingerprint density at radius 1 is 0.299 bits per heavy atom. The predicted molar refractivity (Wildman–Crippen MR) is 346 cm³/mol. The molecule has 0 aromatic rings. The molecule has 0 rings (SSSR count). The van der Waals surface area contributed by atoms with Crippen molar-refractivity contribution >= 4 is 5.91 Å². The van der Waals surface area contributed by atoms with E-state index in [0.717, 1.165) is 32.1 Å². The number of unbranched alkanes of at least 4 members (excludes halogenated alkanes) is 59. The maximum atomic E-state index is 12.5. The molecule has 4 heteroatoms. The number of rotatable bonds is 68. The summed E-state index contributed by atoms with van der Waals surface area (Å²) >= 11 is 0. The minimum Gasteiger partial charge on any atom is -0.394 e. The van der Waals surface area contributed by atoms with Crippen LogP contribution < -0.4 is 5.32 Å². The Bertz CT molecular complexity index is 1140. The SMILES string of the molecule is CCCCCCCCCCCCCCCCCCCCCCCCCC/C=C/CC/C=C/C(O)C(CO)NC(=O)CCCCCCCCCCCCCCCCCCCCCCCCCCCCCCCCCCCCC. The van der Waals surface area contributed by atoms with E-state index in [0.29, 0.717) is 6.42 Å². The van der Waals surface area contributed by atoms with Gasteiger partial charge in [-0.1, -0.05) is 404 Å². The van der Waals surface area contributed by atoms with Crippen molar-refractivity contribution in [3.63, 3.8) is 0 Å². The van der Waals surface area contributed by atoms with Crippen LogP contribution in [0.25, 0.3) is 0 Å². The molecule has 0 bridgehead atoms. The van der Waals surface area contributed by atoms with E-state index in [1.807, 2.05) is 6.08 Å². The van der Waals surface area contributed by atoms with Gasteiger partial charge in [-0.2, -0.15) is 0 Å². The zero-order chi connectivity index (χ0) is 55.5. The van der Waals surface area contributed by atoms with E-state index in [-0.39, 0.29) is 12.5 Å². The molecule has 2 atom stereocenters. The molecule has 458 valence electrons. The molecule has 0 heterocycles. The van der Waals surface area contributed by atoms with E-state index in [1.54, 1.807) is 6.08 Å². The smallest absolute Gasteiger partial charge is 0.220 e. The molecule has 0 spiro atoms. The topological polar surface area (TPSA) is 69.6 Å². The van der Waals surface area contributed by atoms with Crippen molar-refractivity contribution < 1.29 is 15.0 Å². The molecule has 0 aliphatic rings. The summed E-state index contributed by atoms with van der Waals surface area (Å²) in [4.78, 5) is 12.5. The number of hydrogen-bond acceptors (Lipinski definition) is 3. The van der Waals surface area contributed by atoms with Crippen molar-refractivity contribution in [2.24, 2.45) is 0 Å². The van der Waals surface area contributed by atoms with E-state index in [1.165, 1.54) is 366 Å². The first-order valence-electron chi connectivity index (χ1n) is 36.1. The van der Waals surface area contributed by atoms with E-state index in [2.05, 4.69) is 31.3 Å². The number of allylic oxidation sites excluding steroid dienone is 3. The minimum atomic E-state index is -0.861. The number of carbonyl (C=O) groups excluding carboxylic acids is 1. The molecule has 0 saturated heterocycles. The standard InChI is InChI=1S/C73H143NO3/c1-3-5-7-9-11-13-15-17-19-21-23-25-27-29-31-33-35-36-37-38-39-41-43-45-47-49-51-53-55-57-59-61-63-65-67-69-73(77)74-71(70-75)72(76)68-66-64-62-60-58-56-54-52-50-48-46-44-42-40-34-32-30-28-26-24-22-20-18-16-14-12-10-8-6-4-2/h58,60,66,68,71-72,75-76H,3-57,59,61-65,67,69-70H2,1-2H3,(H,74,77)/b60-58+,68-66+. The van der Waals surface area contributed by atoms with Crippen LogP contribution in [0.3, 0.4) is 0 Å². The van der Waals surface area contributed by atoms with Gasteiger partial charge in [0.2, 0.25) is 5.91 Å². The lowest BCUT2D eigenvalue weighted by molar-refractivity contribution is -0.123. The van der Waals surface area contributed by atoms with Gasteiger partial charge in [0.1, 0.15) is 0 Å². The fraction of sp³-hybridized carbons (Fsp3) is 0.932. The number of amides is 1. The first-order valence-corrected chi connectivity index (χ1v) is 36.1. The summed E-state index contributed by atoms with van der Waals surface area (Å²) in [7, 11) is 0. The average Bonchev–Trinajstić information content (AvgIpc) is 3.43. The lowest BCUT2D eigenvalue weighted by atomic mass is 10.0. The van der Waals surface area contributed by atoms with Gasteiger partial charge in [-0.25, -0.2) is 0 Å². The van der Waals surface area contributed by atoms with Crippen molar-refractivity contribution in [1.82, 2.24) is 5.32 Å². The Morgan fingerprint density at radius 3 is 0.753 bits per heavy atom. The third kappa shape index (κ3) is 65.6. The predicted octanol–water partition coefficient (Wildman–Crippen LogP) is 24.6. The Hall–Kier alpha value is -1.13. The number of aliphatic hydroxyl groups excluding tert-OH is 2. The Morgan fingerprint density at radius 2 is 0.506 bits per heavy atom. The zero-order valence-corrected chi connectivity index (χ0v) is 53.0. The third-order valence-corrected chi connectivity index (χ3v) is 17.2. The molecule has 2 unspecified atom stereocenters. The van der Waals surface area contributed by atoms with E-state index >= 15 is 0 Å². The van der Waals surface area contributed by atoms with Crippen LogP contribution in [-0.2, 0) is 4.79 Å². The second kappa shape index (κ2) is 69.1. The molecule has 77 heavy (non-hydrogen) atoms. The summed E-state index contributed by atoms with van der Waals surface area (Å²) in [5, 5.41) is 23.3. The van der Waals surface area contributed by atoms with Gasteiger partial charge in [-0.15, -0.1) is 0 Å². The molecular formula is C73H143NO3. The van der Waals surface area contributed by atoms with Gasteiger partial charge in [0.15, 0.2) is 0 Å². The molecule has 0 radical (unpaired) electrons. The molecule has 0 aliphatic carbocycles. The van der Waals surface area contributed by atoms with Crippen LogP contribution in [0.4, 0.5) is 0 Å². The van der Waals surface area contributed by atoms with Crippen LogP contribution in [0.15, 0.2) is 24.3 Å². The summed E-state index contributed by atoms with van der Waals surface area (Å²) < 4.78 is 0. The van der Waals surface area contributed by atoms with Gasteiger partial charge in [0.05, 0.1) is 18.8 Å². The summed E-state index contributed by atoms with van der Waals surface area (Å²) in [6, 6.07) is -0.638. The summed E-state index contributed by atoms with van der Waals surface area (Å²) in [6.07, 6.45) is 94.4. The molecule has 1 amide bonds. The van der Waals surface area contributed by atoms with Crippen molar-refractivity contribution in [2.45, 2.75) is 431 Å². The lowest BCUT2D eigenvalue weighted by Gasteiger charge is -2.19. The quantitative estimate of drug-likeness (QED) is 0.0420. The van der Waals surface area contributed by atoms with Gasteiger partial charge < -0.3 is 15.5 Å². The van der Waals surface area contributed by atoms with Gasteiger partial charge in [0, 0.05) is 6.42 Å². The Kier molecular flexibility index (Phi) is 68.1. The lowest BCUT2D eigenvalue weighted by Crippen LogP contribution is -2.45. The van der Waals surface area contributed by atoms with Crippen LogP contribution in [0, 0.1) is 0 Å². The largest absolute Gasteiger partial charge is 0.394 e. The Balaban J connectivity index is 3.41. The normalized spacial score (nSPS) is 12.7. The number of nitrogens with one attached hydrogen (secondary N) is 1. The highest BCUT2D eigenvalue weighted by atomic mass is 16.3. The van der Waals surface area contributed by atoms with Crippen LogP contribution in [0.5, 0.6) is 0 Å². The average molecular weight is 1080 g/mol. The number of carbonyl (C=O) groups is 1. The molecule has 0 aromatic heterocycles. The monoisotopic (exact) mass is 1080 g/mol. The van der Waals surface area contributed by atoms with Gasteiger partial charge in [-0.3, -0.25) is 4.79 Å². The fourth-order valence-electron chi connectivity index (χ4n) is 11.7. The second-order valence-electron chi connectivity index (χ2n) is 25.0. The summed E-state index contributed by atoms with van der Waals surface area (Å²) in [6.45, 7) is 4.36. The molecule has 3 N–H and O–H groups in total. The van der Waals surface area contributed by atoms with Crippen molar-refractivity contribution in [3.8, 4) is 0 Å². The maximum Gasteiger partial charge on any atom is 0.220 e. The molecule has 0 fully saturated rings. The van der Waals surface area contributed by atoms with Crippen molar-refractivity contribution in [3.05, 3.63) is 24.3 Å². The summed E-state index contributed by atoms with van der Waals surface area (Å²) in [5.74, 6) is -0.0637. The highest BCUT2D eigenvalue weighted by Crippen LogP contribution is 2.20. The molecule has 0 aromatic carbocycles. The van der Waals surface area contributed by atoms with Crippen molar-refractivity contribution in [2.75, 3.05) is 6.61 Å². The molecule has 0 aliphatic heterocycles. The number of hydrogen-bond donors (Lipinski definition) is 3. The third-order valence-electron chi connectivity index (χ3n) is 17.2. The minimum absolute atomic E-state index is 0.0637. The molecular weight excluding hydrogens is 939 g/mol. The van der Waals surface area contributed by atoms with Gasteiger partial charge in [0.25, 0.3) is 0 Å².